The van der Waals surface area contributed by atoms with Gasteiger partial charge in [-0.2, -0.15) is 0 Å². The number of hydrogen-bond acceptors (Lipinski definition) is 4. The maximum atomic E-state index is 12.0. The SMILES string of the molecule is CCCC(CNCCc1cccc(COCC(=O)Nc2ccccc2)c1)c1cccc(OC)c1. The Labute approximate surface area is 203 Å². The molecule has 1 amide bonds. The van der Waals surface area contributed by atoms with E-state index in [2.05, 4.69) is 47.9 Å². The van der Waals surface area contributed by atoms with Gasteiger partial charge >= 0.3 is 0 Å². The topological polar surface area (TPSA) is 59.6 Å². The molecule has 0 fully saturated rings. The molecule has 1 unspecified atom stereocenters. The maximum absolute atomic E-state index is 12.0. The Hall–Kier alpha value is -3.15. The van der Waals surface area contributed by atoms with Gasteiger partial charge in [0.05, 0.1) is 13.7 Å². The molecule has 0 bridgehead atoms. The van der Waals surface area contributed by atoms with Crippen LogP contribution in [0.3, 0.4) is 0 Å². The molecule has 0 heterocycles. The number of amides is 1. The second-order valence-corrected chi connectivity index (χ2v) is 8.44. The number of para-hydroxylation sites is 1. The van der Waals surface area contributed by atoms with E-state index < -0.39 is 0 Å². The lowest BCUT2D eigenvalue weighted by Crippen LogP contribution is -2.24. The summed E-state index contributed by atoms with van der Waals surface area (Å²) in [6.07, 6.45) is 3.24. The molecule has 0 saturated carbocycles. The van der Waals surface area contributed by atoms with Crippen LogP contribution in [0, 0.1) is 0 Å². The van der Waals surface area contributed by atoms with Gasteiger partial charge < -0.3 is 20.1 Å². The van der Waals surface area contributed by atoms with Gasteiger partial charge in [-0.3, -0.25) is 4.79 Å². The Morgan fingerprint density at radius 1 is 0.941 bits per heavy atom. The summed E-state index contributed by atoms with van der Waals surface area (Å²) in [4.78, 5) is 12.0. The Morgan fingerprint density at radius 3 is 2.53 bits per heavy atom. The summed E-state index contributed by atoms with van der Waals surface area (Å²) in [7, 11) is 1.71. The molecule has 0 aliphatic rings. The molecule has 0 spiro atoms. The van der Waals surface area contributed by atoms with Crippen LogP contribution in [-0.2, 0) is 22.6 Å². The average Bonchev–Trinajstić information content (AvgIpc) is 2.87. The van der Waals surface area contributed by atoms with Gasteiger partial charge in [-0.05, 0) is 66.3 Å². The van der Waals surface area contributed by atoms with Gasteiger partial charge in [0.25, 0.3) is 0 Å². The first-order valence-electron chi connectivity index (χ1n) is 12.0. The Kier molecular flexibility index (Phi) is 10.6. The third kappa shape index (κ3) is 8.65. The van der Waals surface area contributed by atoms with E-state index in [1.807, 2.05) is 48.5 Å². The first kappa shape index (κ1) is 25.5. The molecule has 5 nitrogen and oxygen atoms in total. The lowest BCUT2D eigenvalue weighted by Gasteiger charge is -2.18. The first-order valence-corrected chi connectivity index (χ1v) is 12.0. The number of carbonyl (C=O) groups excluding carboxylic acids is 1. The summed E-state index contributed by atoms with van der Waals surface area (Å²) in [6.45, 7) is 4.53. The fraction of sp³-hybridized carbons (Fsp3) is 0.345. The van der Waals surface area contributed by atoms with Crippen LogP contribution in [0.15, 0.2) is 78.9 Å². The minimum absolute atomic E-state index is 0.0315. The summed E-state index contributed by atoms with van der Waals surface area (Å²) in [6, 6.07) is 26.2. The smallest absolute Gasteiger partial charge is 0.250 e. The van der Waals surface area contributed by atoms with Crippen molar-refractivity contribution < 1.29 is 14.3 Å². The average molecular weight is 461 g/mol. The number of hydrogen-bond donors (Lipinski definition) is 2. The van der Waals surface area contributed by atoms with Gasteiger partial charge in [0, 0.05) is 12.2 Å². The number of ether oxygens (including phenoxy) is 2. The van der Waals surface area contributed by atoms with Crippen LogP contribution in [0.25, 0.3) is 0 Å². The predicted octanol–water partition coefficient (Wildman–Crippen LogP) is 5.57. The minimum atomic E-state index is -0.149. The summed E-state index contributed by atoms with van der Waals surface area (Å²) in [5.74, 6) is 1.24. The second-order valence-electron chi connectivity index (χ2n) is 8.44. The van der Waals surface area contributed by atoms with Crippen molar-refractivity contribution in [3.63, 3.8) is 0 Å². The third-order valence-electron chi connectivity index (χ3n) is 5.73. The van der Waals surface area contributed by atoms with Crippen molar-refractivity contribution >= 4 is 11.6 Å². The highest BCUT2D eigenvalue weighted by atomic mass is 16.5. The van der Waals surface area contributed by atoms with E-state index in [1.165, 1.54) is 11.1 Å². The summed E-state index contributed by atoms with van der Waals surface area (Å²) in [5, 5.41) is 6.46. The van der Waals surface area contributed by atoms with Crippen LogP contribution in [0.1, 0.15) is 42.4 Å². The van der Waals surface area contributed by atoms with Crippen LogP contribution in [-0.4, -0.2) is 32.7 Å². The van der Waals surface area contributed by atoms with Gasteiger partial charge in [0.2, 0.25) is 5.91 Å². The predicted molar refractivity (Wildman–Crippen MR) is 138 cm³/mol. The molecule has 0 saturated heterocycles. The molecule has 0 radical (unpaired) electrons. The molecule has 2 N–H and O–H groups in total. The number of benzene rings is 3. The number of carbonyl (C=O) groups is 1. The first-order chi connectivity index (χ1) is 16.7. The van der Waals surface area contributed by atoms with E-state index in [1.54, 1.807) is 7.11 Å². The fourth-order valence-electron chi connectivity index (χ4n) is 3.99. The van der Waals surface area contributed by atoms with Gasteiger partial charge in [0.15, 0.2) is 0 Å². The lowest BCUT2D eigenvalue weighted by atomic mass is 9.94. The molecule has 3 aromatic rings. The van der Waals surface area contributed by atoms with E-state index >= 15 is 0 Å². The van der Waals surface area contributed by atoms with Crippen molar-refractivity contribution in [1.29, 1.82) is 0 Å². The van der Waals surface area contributed by atoms with Crippen LogP contribution in [0.4, 0.5) is 5.69 Å². The van der Waals surface area contributed by atoms with Crippen molar-refractivity contribution in [3.05, 3.63) is 95.6 Å². The highest BCUT2D eigenvalue weighted by Gasteiger charge is 2.11. The van der Waals surface area contributed by atoms with Gasteiger partial charge in [-0.1, -0.05) is 67.9 Å². The van der Waals surface area contributed by atoms with Crippen molar-refractivity contribution in [1.82, 2.24) is 5.32 Å². The monoisotopic (exact) mass is 460 g/mol. The van der Waals surface area contributed by atoms with Gasteiger partial charge in [-0.25, -0.2) is 0 Å². The van der Waals surface area contributed by atoms with Crippen LogP contribution >= 0.6 is 0 Å². The van der Waals surface area contributed by atoms with Crippen molar-refractivity contribution in [2.45, 2.75) is 38.7 Å². The molecule has 3 aromatic carbocycles. The fourth-order valence-corrected chi connectivity index (χ4v) is 3.99. The highest BCUT2D eigenvalue weighted by Crippen LogP contribution is 2.24. The molecule has 1 atom stereocenters. The number of nitrogens with one attached hydrogen (secondary N) is 2. The molecule has 5 heteroatoms. The van der Waals surface area contributed by atoms with Crippen LogP contribution in [0.2, 0.25) is 0 Å². The number of methoxy groups -OCH3 is 1. The Morgan fingerprint density at radius 2 is 1.74 bits per heavy atom. The van der Waals surface area contributed by atoms with E-state index in [9.17, 15) is 4.79 Å². The Balaban J connectivity index is 1.40. The molecular weight excluding hydrogens is 424 g/mol. The molecular formula is C29H36N2O3. The zero-order chi connectivity index (χ0) is 24.0. The van der Waals surface area contributed by atoms with E-state index in [0.717, 1.165) is 49.4 Å². The highest BCUT2D eigenvalue weighted by molar-refractivity contribution is 5.91. The zero-order valence-electron chi connectivity index (χ0n) is 20.3. The zero-order valence-corrected chi connectivity index (χ0v) is 20.3. The largest absolute Gasteiger partial charge is 0.497 e. The van der Waals surface area contributed by atoms with Crippen molar-refractivity contribution in [2.24, 2.45) is 0 Å². The second kappa shape index (κ2) is 14.2. The van der Waals surface area contributed by atoms with Gasteiger partial charge in [-0.15, -0.1) is 0 Å². The molecule has 3 rings (SSSR count). The minimum Gasteiger partial charge on any atom is -0.497 e. The van der Waals surface area contributed by atoms with E-state index in [0.29, 0.717) is 12.5 Å². The Bertz CT molecular complexity index is 1010. The van der Waals surface area contributed by atoms with E-state index in [4.69, 9.17) is 9.47 Å². The quantitative estimate of drug-likeness (QED) is 0.309. The van der Waals surface area contributed by atoms with Gasteiger partial charge in [0.1, 0.15) is 12.4 Å². The van der Waals surface area contributed by atoms with Crippen LogP contribution in [0.5, 0.6) is 5.75 Å². The molecule has 0 aliphatic heterocycles. The van der Waals surface area contributed by atoms with Crippen molar-refractivity contribution in [2.75, 3.05) is 32.1 Å². The number of rotatable bonds is 14. The molecule has 180 valence electrons. The third-order valence-corrected chi connectivity index (χ3v) is 5.73. The lowest BCUT2D eigenvalue weighted by molar-refractivity contribution is -0.121. The van der Waals surface area contributed by atoms with E-state index in [-0.39, 0.29) is 12.5 Å². The summed E-state index contributed by atoms with van der Waals surface area (Å²) < 4.78 is 11.0. The summed E-state index contributed by atoms with van der Waals surface area (Å²) >= 11 is 0. The van der Waals surface area contributed by atoms with Crippen molar-refractivity contribution in [3.8, 4) is 5.75 Å². The number of anilines is 1. The standard InChI is InChI=1S/C29H36N2O3/c1-3-9-26(25-12-8-15-28(19-25)33-2)20-30-17-16-23-10-7-11-24(18-23)21-34-22-29(32)31-27-13-5-4-6-14-27/h4-8,10-15,18-19,26,30H,3,9,16-17,20-22H2,1-2H3,(H,31,32). The normalized spacial score (nSPS) is 11.7. The van der Waals surface area contributed by atoms with Crippen LogP contribution < -0.4 is 15.4 Å². The maximum Gasteiger partial charge on any atom is 0.250 e. The molecule has 34 heavy (non-hydrogen) atoms. The molecule has 0 aliphatic carbocycles. The molecule has 0 aromatic heterocycles. The summed E-state index contributed by atoms with van der Waals surface area (Å²) in [5.41, 5.74) is 4.43.